The molecule has 1 saturated heterocycles. The molecule has 0 spiro atoms. The van der Waals surface area contributed by atoms with Gasteiger partial charge in [0.25, 0.3) is 0 Å². The predicted octanol–water partition coefficient (Wildman–Crippen LogP) is 0.611. The van der Waals surface area contributed by atoms with Gasteiger partial charge in [-0.2, -0.15) is 0 Å². The number of likely N-dealkylation sites (N-methyl/N-ethyl adjacent to an activating group) is 1. The Morgan fingerprint density at radius 2 is 1.83 bits per heavy atom. The normalized spacial score (nSPS) is 15.6. The third-order valence-electron chi connectivity index (χ3n) is 3.88. The molecule has 0 aliphatic carbocycles. The fourth-order valence-electron chi connectivity index (χ4n) is 2.47. The number of guanidine groups is 1. The second-order valence-electron chi connectivity index (χ2n) is 5.64. The molecule has 1 aliphatic rings. The number of hydrogen-bond acceptors (Lipinski definition) is 3. The first-order valence-electron chi connectivity index (χ1n) is 7.67. The van der Waals surface area contributed by atoms with Gasteiger partial charge in [0, 0.05) is 53.0 Å². The van der Waals surface area contributed by atoms with Crippen molar-refractivity contribution in [2.24, 2.45) is 4.99 Å². The molecule has 126 valence electrons. The van der Waals surface area contributed by atoms with E-state index in [-0.39, 0.29) is 18.3 Å². The van der Waals surface area contributed by atoms with E-state index >= 15 is 0 Å². The van der Waals surface area contributed by atoms with E-state index in [9.17, 15) is 9.18 Å². The predicted molar refractivity (Wildman–Crippen MR) is 90.2 cm³/mol. The van der Waals surface area contributed by atoms with Crippen molar-refractivity contribution in [3.63, 3.8) is 0 Å². The Bertz CT molecular complexity index is 550. The van der Waals surface area contributed by atoms with Crippen LogP contribution in [-0.2, 0) is 4.79 Å². The summed E-state index contributed by atoms with van der Waals surface area (Å²) in [5, 5.41) is 3.10. The number of nitrogens with one attached hydrogen (secondary N) is 1. The monoisotopic (exact) mass is 321 g/mol. The van der Waals surface area contributed by atoms with Gasteiger partial charge in [-0.3, -0.25) is 9.79 Å². The van der Waals surface area contributed by atoms with Crippen LogP contribution in [0.15, 0.2) is 29.3 Å². The largest absolute Gasteiger partial charge is 0.368 e. The first-order valence-corrected chi connectivity index (χ1v) is 7.67. The Labute approximate surface area is 136 Å². The van der Waals surface area contributed by atoms with E-state index in [0.717, 1.165) is 37.8 Å². The minimum absolute atomic E-state index is 0.0103. The molecule has 1 aromatic rings. The lowest BCUT2D eigenvalue weighted by atomic mass is 10.2. The summed E-state index contributed by atoms with van der Waals surface area (Å²) in [5.41, 5.74) is 1.02. The van der Waals surface area contributed by atoms with Crippen molar-refractivity contribution in [1.29, 1.82) is 0 Å². The molecule has 1 aliphatic heterocycles. The molecule has 0 aromatic heterocycles. The molecule has 1 amide bonds. The van der Waals surface area contributed by atoms with Crippen LogP contribution in [0.5, 0.6) is 0 Å². The summed E-state index contributed by atoms with van der Waals surface area (Å²) in [7, 11) is 5.18. The summed E-state index contributed by atoms with van der Waals surface area (Å²) in [6.07, 6.45) is 0. The van der Waals surface area contributed by atoms with Crippen molar-refractivity contribution < 1.29 is 9.18 Å². The van der Waals surface area contributed by atoms with Crippen molar-refractivity contribution >= 4 is 17.6 Å². The third kappa shape index (κ3) is 4.58. The molecule has 0 radical (unpaired) electrons. The number of aliphatic imine (C=N–C) groups is 1. The number of carbonyl (C=O) groups is 1. The van der Waals surface area contributed by atoms with Gasteiger partial charge in [0.1, 0.15) is 5.82 Å². The fourth-order valence-corrected chi connectivity index (χ4v) is 2.47. The number of anilines is 1. The fraction of sp³-hybridized carbons (Fsp3) is 0.500. The number of carbonyl (C=O) groups excluding carboxylic acids is 1. The maximum atomic E-state index is 13.0. The van der Waals surface area contributed by atoms with E-state index in [1.807, 2.05) is 0 Å². The lowest BCUT2D eigenvalue weighted by Gasteiger charge is -2.37. The van der Waals surface area contributed by atoms with Gasteiger partial charge in [0.2, 0.25) is 5.91 Å². The van der Waals surface area contributed by atoms with Gasteiger partial charge < -0.3 is 20.0 Å². The average Bonchev–Trinajstić information content (AvgIpc) is 2.56. The van der Waals surface area contributed by atoms with Gasteiger partial charge in [0.15, 0.2) is 5.96 Å². The van der Waals surface area contributed by atoms with Crippen LogP contribution in [-0.4, -0.2) is 75.5 Å². The number of amides is 1. The lowest BCUT2D eigenvalue weighted by molar-refractivity contribution is -0.127. The summed E-state index contributed by atoms with van der Waals surface area (Å²) >= 11 is 0. The van der Waals surface area contributed by atoms with Crippen LogP contribution in [0.2, 0.25) is 0 Å². The molecule has 1 aromatic carbocycles. The van der Waals surface area contributed by atoms with E-state index in [1.54, 1.807) is 38.2 Å². The Hall–Kier alpha value is -2.31. The lowest BCUT2D eigenvalue weighted by Crippen LogP contribution is -2.53. The Morgan fingerprint density at radius 1 is 1.22 bits per heavy atom. The zero-order valence-corrected chi connectivity index (χ0v) is 13.9. The standard InChI is InChI=1S/C16H24FN5O/c1-18-16(19-12-15(23)20(2)3)22-10-8-21(9-11-22)14-6-4-13(17)5-7-14/h4-7H,8-12H2,1-3H3,(H,18,19). The van der Waals surface area contributed by atoms with Gasteiger partial charge in [-0.1, -0.05) is 0 Å². The molecule has 7 heteroatoms. The van der Waals surface area contributed by atoms with Crippen LogP contribution in [0, 0.1) is 5.82 Å². The number of piperazine rings is 1. The number of hydrogen-bond donors (Lipinski definition) is 1. The minimum atomic E-state index is -0.220. The molecule has 0 unspecified atom stereocenters. The highest BCUT2D eigenvalue weighted by Crippen LogP contribution is 2.16. The second-order valence-corrected chi connectivity index (χ2v) is 5.64. The number of rotatable bonds is 3. The van der Waals surface area contributed by atoms with Gasteiger partial charge in [-0.25, -0.2) is 4.39 Å². The van der Waals surface area contributed by atoms with Crippen molar-refractivity contribution in [3.8, 4) is 0 Å². The molecule has 6 nitrogen and oxygen atoms in total. The van der Waals surface area contributed by atoms with Crippen molar-refractivity contribution in [2.75, 3.05) is 58.8 Å². The molecule has 0 saturated carbocycles. The highest BCUT2D eigenvalue weighted by molar-refractivity contribution is 5.86. The van der Waals surface area contributed by atoms with Gasteiger partial charge in [-0.15, -0.1) is 0 Å². The topological polar surface area (TPSA) is 51.2 Å². The van der Waals surface area contributed by atoms with Crippen LogP contribution in [0.25, 0.3) is 0 Å². The zero-order chi connectivity index (χ0) is 16.8. The first kappa shape index (κ1) is 17.1. The summed E-state index contributed by atoms with van der Waals surface area (Å²) < 4.78 is 13.0. The molecule has 1 heterocycles. The Morgan fingerprint density at radius 3 is 2.35 bits per heavy atom. The molecular formula is C16H24FN5O. The number of benzene rings is 1. The first-order chi connectivity index (χ1) is 11.0. The second kappa shape index (κ2) is 7.80. The highest BCUT2D eigenvalue weighted by atomic mass is 19.1. The molecular weight excluding hydrogens is 297 g/mol. The number of halogens is 1. The van der Waals surface area contributed by atoms with Crippen LogP contribution >= 0.6 is 0 Å². The van der Waals surface area contributed by atoms with Crippen LogP contribution < -0.4 is 10.2 Å². The van der Waals surface area contributed by atoms with E-state index in [4.69, 9.17) is 0 Å². The molecule has 2 rings (SSSR count). The SMILES string of the molecule is CN=C(NCC(=O)N(C)C)N1CCN(c2ccc(F)cc2)CC1. The maximum Gasteiger partial charge on any atom is 0.241 e. The van der Waals surface area contributed by atoms with Crippen molar-refractivity contribution in [3.05, 3.63) is 30.1 Å². The van der Waals surface area contributed by atoms with E-state index in [1.165, 1.54) is 12.1 Å². The van der Waals surface area contributed by atoms with Crippen molar-refractivity contribution in [1.82, 2.24) is 15.1 Å². The Balaban J connectivity index is 1.87. The van der Waals surface area contributed by atoms with E-state index in [2.05, 4.69) is 20.1 Å². The molecule has 1 N–H and O–H groups in total. The maximum absolute atomic E-state index is 13.0. The Kier molecular flexibility index (Phi) is 5.78. The van der Waals surface area contributed by atoms with Gasteiger partial charge >= 0.3 is 0 Å². The molecule has 0 bridgehead atoms. The quantitative estimate of drug-likeness (QED) is 0.655. The number of nitrogens with zero attached hydrogens (tertiary/aromatic N) is 4. The summed E-state index contributed by atoms with van der Waals surface area (Å²) in [6, 6.07) is 6.56. The van der Waals surface area contributed by atoms with E-state index in [0.29, 0.717) is 0 Å². The van der Waals surface area contributed by atoms with Crippen LogP contribution in [0.4, 0.5) is 10.1 Å². The van der Waals surface area contributed by atoms with Gasteiger partial charge in [-0.05, 0) is 24.3 Å². The smallest absolute Gasteiger partial charge is 0.241 e. The summed E-state index contributed by atoms with van der Waals surface area (Å²) in [6.45, 7) is 3.49. The zero-order valence-electron chi connectivity index (χ0n) is 13.9. The summed E-state index contributed by atoms with van der Waals surface area (Å²) in [5.74, 6) is 0.526. The minimum Gasteiger partial charge on any atom is -0.368 e. The summed E-state index contributed by atoms with van der Waals surface area (Å²) in [4.78, 5) is 21.8. The molecule has 0 atom stereocenters. The van der Waals surface area contributed by atoms with Crippen molar-refractivity contribution in [2.45, 2.75) is 0 Å². The van der Waals surface area contributed by atoms with Crippen LogP contribution in [0.1, 0.15) is 0 Å². The highest BCUT2D eigenvalue weighted by Gasteiger charge is 2.20. The van der Waals surface area contributed by atoms with Gasteiger partial charge in [0.05, 0.1) is 6.54 Å². The third-order valence-corrected chi connectivity index (χ3v) is 3.88. The molecule has 1 fully saturated rings. The van der Waals surface area contributed by atoms with Crippen LogP contribution in [0.3, 0.4) is 0 Å². The molecule has 23 heavy (non-hydrogen) atoms. The average molecular weight is 321 g/mol. The van der Waals surface area contributed by atoms with E-state index < -0.39 is 0 Å².